The molecule has 3 aromatic rings. The Morgan fingerprint density at radius 1 is 0.907 bits per heavy atom. The summed E-state index contributed by atoms with van der Waals surface area (Å²) in [5.74, 6) is -1.09. The molecule has 9 heteroatoms. The highest BCUT2D eigenvalue weighted by atomic mass is 32.2. The van der Waals surface area contributed by atoms with E-state index in [0.717, 1.165) is 59.4 Å². The number of carbonyl (C=O) groups excluding carboxylic acids is 2. The predicted octanol–water partition coefficient (Wildman–Crippen LogP) is 5.77. The quantitative estimate of drug-likeness (QED) is 0.267. The molecule has 0 saturated heterocycles. The highest BCUT2D eigenvalue weighted by Gasteiger charge is 2.32. The monoisotopic (exact) mass is 607 g/mol. The number of carbonyl (C=O) groups is 2. The summed E-state index contributed by atoms with van der Waals surface area (Å²) >= 11 is 0. The number of benzene rings is 3. The lowest BCUT2D eigenvalue weighted by molar-refractivity contribution is -0.141. The van der Waals surface area contributed by atoms with Gasteiger partial charge in [0.25, 0.3) is 0 Å². The standard InChI is InChI=1S/C34H42FN3O4S/c1-26-19-21-28(22-20-26)25-37(33(39)18-11-23-38(43(2,41)42)31-17-10-9-16-30(31)35)32(24-27-12-5-3-6-13-27)34(40)36-29-14-7-4-8-15-29/h3,5-6,9-10,12-13,16-17,19-22,29,32H,4,7-8,11,14-15,18,23-25H2,1-2H3,(H,36,40)/t32-/m0/s1. The minimum Gasteiger partial charge on any atom is -0.352 e. The lowest BCUT2D eigenvalue weighted by Gasteiger charge is -2.34. The Morgan fingerprint density at radius 2 is 1.56 bits per heavy atom. The van der Waals surface area contributed by atoms with Crippen molar-refractivity contribution in [2.24, 2.45) is 0 Å². The van der Waals surface area contributed by atoms with Crippen molar-refractivity contribution in [2.45, 2.75) is 76.9 Å². The number of anilines is 1. The van der Waals surface area contributed by atoms with Gasteiger partial charge in [-0.2, -0.15) is 0 Å². The Kier molecular flexibility index (Phi) is 11.3. The summed E-state index contributed by atoms with van der Waals surface area (Å²) in [5.41, 5.74) is 2.87. The van der Waals surface area contributed by atoms with Crippen molar-refractivity contribution in [3.8, 4) is 0 Å². The molecular weight excluding hydrogens is 565 g/mol. The fourth-order valence-electron chi connectivity index (χ4n) is 5.62. The van der Waals surface area contributed by atoms with Gasteiger partial charge in [0.1, 0.15) is 11.9 Å². The number of hydrogen-bond acceptors (Lipinski definition) is 4. The first-order valence-electron chi connectivity index (χ1n) is 15.0. The fraction of sp³-hybridized carbons (Fsp3) is 0.412. The van der Waals surface area contributed by atoms with Crippen LogP contribution in [-0.4, -0.2) is 50.0 Å². The summed E-state index contributed by atoms with van der Waals surface area (Å²) in [4.78, 5) is 29.5. The van der Waals surface area contributed by atoms with Gasteiger partial charge in [-0.15, -0.1) is 0 Å². The summed E-state index contributed by atoms with van der Waals surface area (Å²) in [6, 6.07) is 22.5. The minimum absolute atomic E-state index is 0.00562. The highest BCUT2D eigenvalue weighted by molar-refractivity contribution is 7.92. The molecule has 0 spiro atoms. The van der Waals surface area contributed by atoms with Gasteiger partial charge in [0.15, 0.2) is 0 Å². The third-order valence-corrected chi connectivity index (χ3v) is 9.15. The number of aryl methyl sites for hydroxylation is 1. The van der Waals surface area contributed by atoms with Crippen LogP contribution in [0, 0.1) is 12.7 Å². The Hall–Kier alpha value is -3.72. The summed E-state index contributed by atoms with van der Waals surface area (Å²) < 4.78 is 40.6. The van der Waals surface area contributed by atoms with Crippen molar-refractivity contribution in [1.29, 1.82) is 0 Å². The van der Waals surface area contributed by atoms with Gasteiger partial charge < -0.3 is 10.2 Å². The van der Waals surface area contributed by atoms with Crippen LogP contribution < -0.4 is 9.62 Å². The molecule has 2 amide bonds. The Balaban J connectivity index is 1.59. The normalized spacial score (nSPS) is 14.6. The molecule has 4 rings (SSSR count). The number of nitrogens with zero attached hydrogens (tertiary/aromatic N) is 2. The van der Waals surface area contributed by atoms with Gasteiger partial charge >= 0.3 is 0 Å². The number of nitrogens with one attached hydrogen (secondary N) is 1. The van der Waals surface area contributed by atoms with Crippen LogP contribution in [0.25, 0.3) is 0 Å². The molecular formula is C34H42FN3O4S. The molecule has 0 heterocycles. The summed E-state index contributed by atoms with van der Waals surface area (Å²) in [6.07, 6.45) is 6.67. The summed E-state index contributed by atoms with van der Waals surface area (Å²) in [5, 5.41) is 3.23. The molecule has 1 fully saturated rings. The maximum Gasteiger partial charge on any atom is 0.243 e. The number of sulfonamides is 1. The van der Waals surface area contributed by atoms with E-state index in [1.807, 2.05) is 61.5 Å². The fourth-order valence-corrected chi connectivity index (χ4v) is 6.59. The largest absolute Gasteiger partial charge is 0.352 e. The number of hydrogen-bond donors (Lipinski definition) is 1. The zero-order valence-electron chi connectivity index (χ0n) is 25.0. The maximum atomic E-state index is 14.5. The van der Waals surface area contributed by atoms with Crippen molar-refractivity contribution >= 4 is 27.5 Å². The lowest BCUT2D eigenvalue weighted by atomic mass is 9.94. The second-order valence-corrected chi connectivity index (χ2v) is 13.4. The summed E-state index contributed by atoms with van der Waals surface area (Å²) in [7, 11) is -3.79. The van der Waals surface area contributed by atoms with Crippen molar-refractivity contribution in [2.75, 3.05) is 17.1 Å². The van der Waals surface area contributed by atoms with E-state index < -0.39 is 21.9 Å². The predicted molar refractivity (Wildman–Crippen MR) is 169 cm³/mol. The van der Waals surface area contributed by atoms with Gasteiger partial charge in [-0.3, -0.25) is 13.9 Å². The van der Waals surface area contributed by atoms with Gasteiger partial charge in [-0.25, -0.2) is 12.8 Å². The minimum atomic E-state index is -3.79. The van der Waals surface area contributed by atoms with E-state index in [9.17, 15) is 22.4 Å². The van der Waals surface area contributed by atoms with E-state index in [2.05, 4.69) is 5.32 Å². The van der Waals surface area contributed by atoms with Crippen LogP contribution in [-0.2, 0) is 32.6 Å². The Morgan fingerprint density at radius 3 is 2.21 bits per heavy atom. The molecule has 7 nitrogen and oxygen atoms in total. The highest BCUT2D eigenvalue weighted by Crippen LogP contribution is 2.23. The van der Waals surface area contributed by atoms with E-state index in [1.165, 1.54) is 18.2 Å². The molecule has 1 N–H and O–H groups in total. The van der Waals surface area contributed by atoms with Crippen LogP contribution in [0.2, 0.25) is 0 Å². The number of amides is 2. The second kappa shape index (κ2) is 15.1. The molecule has 1 saturated carbocycles. The van der Waals surface area contributed by atoms with E-state index in [4.69, 9.17) is 0 Å². The van der Waals surface area contributed by atoms with Gasteiger partial charge in [0.05, 0.1) is 11.9 Å². The van der Waals surface area contributed by atoms with Crippen molar-refractivity contribution in [3.63, 3.8) is 0 Å². The topological polar surface area (TPSA) is 86.8 Å². The zero-order valence-corrected chi connectivity index (χ0v) is 25.9. The van der Waals surface area contributed by atoms with Gasteiger partial charge in [-0.1, -0.05) is 91.6 Å². The van der Waals surface area contributed by atoms with Crippen molar-refractivity contribution in [1.82, 2.24) is 10.2 Å². The van der Waals surface area contributed by atoms with Crippen LogP contribution in [0.15, 0.2) is 78.9 Å². The lowest BCUT2D eigenvalue weighted by Crippen LogP contribution is -2.52. The van der Waals surface area contributed by atoms with E-state index in [1.54, 1.807) is 11.0 Å². The third kappa shape index (κ3) is 9.38. The van der Waals surface area contributed by atoms with Crippen LogP contribution in [0.3, 0.4) is 0 Å². The second-order valence-electron chi connectivity index (χ2n) is 11.4. The molecule has 0 radical (unpaired) electrons. The van der Waals surface area contributed by atoms with Gasteiger partial charge in [-0.05, 0) is 49.4 Å². The average Bonchev–Trinajstić information content (AvgIpc) is 2.99. The maximum absolute atomic E-state index is 14.5. The van der Waals surface area contributed by atoms with Gasteiger partial charge in [0, 0.05) is 32.0 Å². The van der Waals surface area contributed by atoms with E-state index in [-0.39, 0.29) is 49.5 Å². The molecule has 0 aliphatic heterocycles. The smallest absolute Gasteiger partial charge is 0.243 e. The number of rotatable bonds is 13. The molecule has 43 heavy (non-hydrogen) atoms. The average molecular weight is 608 g/mol. The first kappa shape index (κ1) is 32.2. The Labute approximate surface area is 255 Å². The molecule has 1 aliphatic rings. The molecule has 230 valence electrons. The molecule has 3 aromatic carbocycles. The first-order chi connectivity index (χ1) is 20.6. The SMILES string of the molecule is Cc1ccc(CN(C(=O)CCCN(c2ccccc2F)S(C)(=O)=O)[C@@H](Cc2ccccc2)C(=O)NC2CCCCC2)cc1. The molecule has 0 unspecified atom stereocenters. The van der Waals surface area contributed by atoms with Gasteiger partial charge in [0.2, 0.25) is 21.8 Å². The van der Waals surface area contributed by atoms with E-state index >= 15 is 0 Å². The van der Waals surface area contributed by atoms with Crippen molar-refractivity contribution in [3.05, 3.63) is 101 Å². The van der Waals surface area contributed by atoms with Crippen LogP contribution in [0.5, 0.6) is 0 Å². The number of halogens is 1. The molecule has 0 aromatic heterocycles. The molecule has 0 bridgehead atoms. The summed E-state index contributed by atoms with van der Waals surface area (Å²) in [6.45, 7) is 2.16. The first-order valence-corrected chi connectivity index (χ1v) is 16.9. The van der Waals surface area contributed by atoms with Crippen molar-refractivity contribution < 1.29 is 22.4 Å². The van der Waals surface area contributed by atoms with Crippen LogP contribution >= 0.6 is 0 Å². The zero-order chi connectivity index (χ0) is 30.8. The van der Waals surface area contributed by atoms with E-state index in [0.29, 0.717) is 6.42 Å². The third-order valence-electron chi connectivity index (χ3n) is 7.97. The Bertz CT molecular complexity index is 1460. The molecule has 1 atom stereocenters. The van der Waals surface area contributed by atoms with Crippen LogP contribution in [0.4, 0.5) is 10.1 Å². The molecule has 1 aliphatic carbocycles. The number of para-hydroxylation sites is 1. The van der Waals surface area contributed by atoms with Crippen LogP contribution in [0.1, 0.15) is 61.6 Å².